The van der Waals surface area contributed by atoms with E-state index >= 15 is 0 Å². The molecule has 0 bridgehead atoms. The number of aromatic nitrogens is 2. The predicted octanol–water partition coefficient (Wildman–Crippen LogP) is 4.63. The zero-order valence-electron chi connectivity index (χ0n) is 19.9. The summed E-state index contributed by atoms with van der Waals surface area (Å²) in [7, 11) is 0. The third kappa shape index (κ3) is 6.16. The fourth-order valence-corrected chi connectivity index (χ4v) is 5.24. The van der Waals surface area contributed by atoms with Crippen LogP contribution in [-0.2, 0) is 18.8 Å². The van der Waals surface area contributed by atoms with E-state index in [1.54, 1.807) is 47.2 Å². The van der Waals surface area contributed by atoms with Crippen molar-refractivity contribution < 1.29 is 9.85 Å². The Bertz CT molecular complexity index is 1320. The molecule has 2 heterocycles. The number of para-hydroxylation sites is 2. The average molecular weight is 510 g/mol. The van der Waals surface area contributed by atoms with Crippen molar-refractivity contribution in [3.63, 3.8) is 0 Å². The molecule has 1 aliphatic heterocycles. The molecule has 4 rings (SSSR count). The lowest BCUT2D eigenvalue weighted by molar-refractivity contribution is -0.385. The van der Waals surface area contributed by atoms with E-state index in [1.807, 2.05) is 0 Å². The fourth-order valence-electron chi connectivity index (χ4n) is 4.28. The first-order valence-corrected chi connectivity index (χ1v) is 12.7. The van der Waals surface area contributed by atoms with Crippen molar-refractivity contribution in [2.45, 2.75) is 43.8 Å². The van der Waals surface area contributed by atoms with E-state index in [0.29, 0.717) is 34.3 Å². The summed E-state index contributed by atoms with van der Waals surface area (Å²) in [4.78, 5) is 41.6. The van der Waals surface area contributed by atoms with E-state index in [9.17, 15) is 25.0 Å². The highest BCUT2D eigenvalue weighted by Crippen LogP contribution is 2.28. The Morgan fingerprint density at radius 3 is 2.14 bits per heavy atom. The maximum absolute atomic E-state index is 13.0. The quantitative estimate of drug-likeness (QED) is 0.177. The largest absolute Gasteiger partial charge is 0.322 e. The Kier molecular flexibility index (Phi) is 8.11. The summed E-state index contributed by atoms with van der Waals surface area (Å²) in [6, 6.07) is 12.9. The summed E-state index contributed by atoms with van der Waals surface area (Å²) in [6.07, 6.45) is 3.87. The van der Waals surface area contributed by atoms with Gasteiger partial charge in [0.15, 0.2) is 5.16 Å². The highest BCUT2D eigenvalue weighted by molar-refractivity contribution is 7.98. The van der Waals surface area contributed by atoms with E-state index in [2.05, 4.69) is 16.8 Å². The lowest BCUT2D eigenvalue weighted by atomic mass is 9.99. The minimum atomic E-state index is -0.438. The molecule has 36 heavy (non-hydrogen) atoms. The van der Waals surface area contributed by atoms with Gasteiger partial charge >= 0.3 is 0 Å². The van der Waals surface area contributed by atoms with Gasteiger partial charge in [-0.05, 0) is 31.8 Å². The monoisotopic (exact) mass is 509 g/mol. The predicted molar refractivity (Wildman–Crippen MR) is 137 cm³/mol. The third-order valence-electron chi connectivity index (χ3n) is 6.37. The van der Waals surface area contributed by atoms with Crippen molar-refractivity contribution in [3.8, 4) is 0 Å². The second-order valence-electron chi connectivity index (χ2n) is 9.00. The summed E-state index contributed by atoms with van der Waals surface area (Å²) in [6.45, 7) is 4.64. The molecule has 1 aliphatic rings. The molecule has 1 fully saturated rings. The van der Waals surface area contributed by atoms with E-state index < -0.39 is 9.85 Å². The van der Waals surface area contributed by atoms with Gasteiger partial charge in [-0.15, -0.1) is 0 Å². The van der Waals surface area contributed by atoms with Crippen LogP contribution in [0, 0.1) is 26.1 Å². The molecule has 3 aromatic rings. The maximum Gasteiger partial charge on any atom is 0.278 e. The van der Waals surface area contributed by atoms with Gasteiger partial charge < -0.3 is 4.57 Å². The lowest BCUT2D eigenvalue weighted by Crippen LogP contribution is -2.34. The van der Waals surface area contributed by atoms with Crippen molar-refractivity contribution in [3.05, 3.63) is 102 Å². The number of rotatable bonds is 9. The number of nitro benzene ring substituents is 2. The number of hydrogen-bond donors (Lipinski definition) is 0. The first kappa shape index (κ1) is 25.5. The highest BCUT2D eigenvalue weighted by Gasteiger charge is 2.21. The molecular weight excluding hydrogens is 482 g/mol. The van der Waals surface area contributed by atoms with Crippen molar-refractivity contribution in [1.82, 2.24) is 14.5 Å². The zero-order chi connectivity index (χ0) is 25.7. The molecular formula is C25H27N5O5S. The van der Waals surface area contributed by atoms with Crippen LogP contribution in [0.3, 0.4) is 0 Å². The van der Waals surface area contributed by atoms with Crippen LogP contribution < -0.4 is 5.56 Å². The molecule has 0 atom stereocenters. The molecule has 11 heteroatoms. The molecule has 1 aromatic heterocycles. The van der Waals surface area contributed by atoms with Crippen LogP contribution in [-0.4, -0.2) is 37.4 Å². The van der Waals surface area contributed by atoms with Gasteiger partial charge in [0.2, 0.25) is 0 Å². The van der Waals surface area contributed by atoms with Gasteiger partial charge in [-0.2, -0.15) is 4.98 Å². The van der Waals surface area contributed by atoms with Crippen LogP contribution in [0.25, 0.3) is 0 Å². The van der Waals surface area contributed by atoms with Crippen molar-refractivity contribution in [1.29, 1.82) is 0 Å². The van der Waals surface area contributed by atoms with Crippen molar-refractivity contribution >= 4 is 23.1 Å². The Hall–Kier alpha value is -3.57. The van der Waals surface area contributed by atoms with Crippen LogP contribution >= 0.6 is 11.8 Å². The summed E-state index contributed by atoms with van der Waals surface area (Å²) < 4.78 is 1.74. The summed E-state index contributed by atoms with van der Waals surface area (Å²) >= 11 is 1.20. The number of benzene rings is 2. The Morgan fingerprint density at radius 2 is 1.50 bits per heavy atom. The van der Waals surface area contributed by atoms with Gasteiger partial charge in [0.25, 0.3) is 16.9 Å². The molecule has 0 spiro atoms. The van der Waals surface area contributed by atoms with Crippen LogP contribution in [0.5, 0.6) is 0 Å². The van der Waals surface area contributed by atoms with Gasteiger partial charge in [-0.1, -0.05) is 55.1 Å². The number of piperidine rings is 1. The van der Waals surface area contributed by atoms with Gasteiger partial charge in [-0.25, -0.2) is 0 Å². The Balaban J connectivity index is 1.67. The minimum absolute atomic E-state index is 0.00598. The molecule has 1 saturated heterocycles. The zero-order valence-corrected chi connectivity index (χ0v) is 20.7. The van der Waals surface area contributed by atoms with E-state index in [-0.39, 0.29) is 29.2 Å². The van der Waals surface area contributed by atoms with E-state index in [0.717, 1.165) is 25.9 Å². The van der Waals surface area contributed by atoms with Gasteiger partial charge in [0.05, 0.1) is 16.4 Å². The minimum Gasteiger partial charge on any atom is -0.322 e. The summed E-state index contributed by atoms with van der Waals surface area (Å²) in [5, 5.41) is 23.3. The number of likely N-dealkylation sites (tertiary alicyclic amines) is 1. The van der Waals surface area contributed by atoms with Crippen molar-refractivity contribution in [2.75, 3.05) is 13.1 Å². The molecule has 188 valence electrons. The third-order valence-corrected chi connectivity index (χ3v) is 7.41. The average Bonchev–Trinajstić information content (AvgIpc) is 2.86. The van der Waals surface area contributed by atoms with E-state index in [4.69, 9.17) is 0 Å². The molecule has 0 unspecified atom stereocenters. The van der Waals surface area contributed by atoms with Crippen LogP contribution in [0.4, 0.5) is 11.4 Å². The molecule has 2 aromatic carbocycles. The molecule has 0 saturated carbocycles. The second kappa shape index (κ2) is 11.4. The van der Waals surface area contributed by atoms with Gasteiger partial charge in [0.1, 0.15) is 0 Å². The molecule has 0 N–H and O–H groups in total. The summed E-state index contributed by atoms with van der Waals surface area (Å²) in [5.74, 6) is 0.889. The number of thioether (sulfide) groups is 1. The van der Waals surface area contributed by atoms with Gasteiger partial charge in [0, 0.05) is 47.3 Å². The first-order valence-electron chi connectivity index (χ1n) is 11.7. The standard InChI is InChI=1S/C25H27N5O5S/c1-18-10-12-27(13-11-18)14-21-16-28(15-19-6-2-4-8-22(19)29(32)33)25(26-24(21)31)36-17-20-7-3-5-9-23(20)30(34)35/h2-9,16,18H,10-15,17H2,1H3. The van der Waals surface area contributed by atoms with Gasteiger partial charge in [-0.3, -0.25) is 29.9 Å². The SMILES string of the molecule is CC1CCN(Cc2cn(Cc3ccccc3[N+](=O)[O-])c(SCc3ccccc3[N+](=O)[O-])nc2=O)CC1. The van der Waals surface area contributed by atoms with Crippen molar-refractivity contribution in [2.24, 2.45) is 5.92 Å². The summed E-state index contributed by atoms with van der Waals surface area (Å²) in [5.41, 5.74) is 1.14. The first-order chi connectivity index (χ1) is 17.3. The highest BCUT2D eigenvalue weighted by atomic mass is 32.2. The fraction of sp³-hybridized carbons (Fsp3) is 0.360. The smallest absolute Gasteiger partial charge is 0.278 e. The number of nitro groups is 2. The normalized spacial score (nSPS) is 14.6. The molecule has 10 nitrogen and oxygen atoms in total. The Morgan fingerprint density at radius 1 is 0.917 bits per heavy atom. The second-order valence-corrected chi connectivity index (χ2v) is 9.94. The van der Waals surface area contributed by atoms with Crippen LogP contribution in [0.2, 0.25) is 0 Å². The lowest BCUT2D eigenvalue weighted by Gasteiger charge is -2.30. The molecule has 0 radical (unpaired) electrons. The van der Waals surface area contributed by atoms with Crippen LogP contribution in [0.1, 0.15) is 36.5 Å². The van der Waals surface area contributed by atoms with E-state index in [1.165, 1.54) is 23.9 Å². The number of nitrogens with zero attached hydrogens (tertiary/aromatic N) is 5. The van der Waals surface area contributed by atoms with Crippen LogP contribution in [0.15, 0.2) is 64.7 Å². The topological polar surface area (TPSA) is 124 Å². The Labute approximate surface area is 212 Å². The molecule has 0 amide bonds. The maximum atomic E-state index is 13.0. The number of hydrogen-bond acceptors (Lipinski definition) is 8. The molecule has 0 aliphatic carbocycles.